The Morgan fingerprint density at radius 1 is 1.31 bits per heavy atom. The highest BCUT2D eigenvalue weighted by Gasteiger charge is 2.29. The summed E-state index contributed by atoms with van der Waals surface area (Å²) >= 11 is 1.87. The fourth-order valence-corrected chi connectivity index (χ4v) is 3.88. The summed E-state index contributed by atoms with van der Waals surface area (Å²) in [6.07, 6.45) is 5.49. The predicted molar refractivity (Wildman–Crippen MR) is 66.4 cm³/mol. The van der Waals surface area contributed by atoms with Crippen LogP contribution in [0.5, 0.6) is 0 Å². The highest BCUT2D eigenvalue weighted by molar-refractivity contribution is 7.99. The highest BCUT2D eigenvalue weighted by atomic mass is 32.2. The molecule has 2 N–H and O–H groups in total. The first kappa shape index (κ1) is 12.2. The minimum absolute atomic E-state index is 0.213. The van der Waals surface area contributed by atoms with E-state index in [1.165, 1.54) is 12.8 Å². The molecule has 2 fully saturated rings. The number of carbonyl (C=O) groups excluding carboxylic acids is 1. The fraction of sp³-hybridized carbons (Fsp3) is 0.917. The van der Waals surface area contributed by atoms with Gasteiger partial charge in [-0.25, -0.2) is 0 Å². The van der Waals surface area contributed by atoms with Crippen LogP contribution in [0.25, 0.3) is 0 Å². The number of nitrogens with one attached hydrogen (secondary N) is 1. The lowest BCUT2D eigenvalue weighted by Crippen LogP contribution is -2.45. The molecule has 16 heavy (non-hydrogen) atoms. The number of carbonyl (C=O) groups is 1. The number of amides is 1. The van der Waals surface area contributed by atoms with Crippen molar-refractivity contribution >= 4 is 17.7 Å². The lowest BCUT2D eigenvalue weighted by Gasteiger charge is -2.31. The van der Waals surface area contributed by atoms with E-state index < -0.39 is 0 Å². The van der Waals surface area contributed by atoms with Crippen LogP contribution in [-0.2, 0) is 4.79 Å². The first-order valence-corrected chi connectivity index (χ1v) is 7.45. The van der Waals surface area contributed by atoms with Crippen molar-refractivity contribution in [3.8, 4) is 0 Å². The van der Waals surface area contributed by atoms with Crippen molar-refractivity contribution in [3.05, 3.63) is 0 Å². The van der Waals surface area contributed by atoms with Crippen LogP contribution < -0.4 is 5.32 Å². The Kier molecular flexibility index (Phi) is 4.53. The molecule has 3 nitrogen and oxygen atoms in total. The summed E-state index contributed by atoms with van der Waals surface area (Å²) in [5.74, 6) is 2.81. The molecule has 1 saturated heterocycles. The molecule has 0 aromatic heterocycles. The van der Waals surface area contributed by atoms with Gasteiger partial charge in [0.1, 0.15) is 0 Å². The van der Waals surface area contributed by atoms with E-state index in [0.717, 1.165) is 30.8 Å². The van der Waals surface area contributed by atoms with Gasteiger partial charge in [-0.1, -0.05) is 12.8 Å². The molecule has 2 aliphatic rings. The van der Waals surface area contributed by atoms with Crippen LogP contribution in [-0.4, -0.2) is 35.2 Å². The van der Waals surface area contributed by atoms with E-state index in [9.17, 15) is 9.90 Å². The summed E-state index contributed by atoms with van der Waals surface area (Å²) in [5.41, 5.74) is 0. The van der Waals surface area contributed by atoms with Gasteiger partial charge in [0, 0.05) is 30.2 Å². The third-order valence-corrected chi connectivity index (χ3v) is 4.93. The van der Waals surface area contributed by atoms with Crippen molar-refractivity contribution in [2.75, 3.05) is 18.1 Å². The van der Waals surface area contributed by atoms with Crippen molar-refractivity contribution in [1.29, 1.82) is 0 Å². The van der Waals surface area contributed by atoms with E-state index in [2.05, 4.69) is 5.32 Å². The minimum atomic E-state index is 0.213. The van der Waals surface area contributed by atoms with E-state index in [-0.39, 0.29) is 30.4 Å². The maximum absolute atomic E-state index is 12.0. The summed E-state index contributed by atoms with van der Waals surface area (Å²) < 4.78 is 0. The zero-order valence-electron chi connectivity index (χ0n) is 9.65. The summed E-state index contributed by atoms with van der Waals surface area (Å²) in [6.45, 7) is 0.213. The molecular formula is C12H21NO2S. The van der Waals surface area contributed by atoms with Crippen molar-refractivity contribution < 1.29 is 9.90 Å². The van der Waals surface area contributed by atoms with Gasteiger partial charge in [0.15, 0.2) is 0 Å². The molecular weight excluding hydrogens is 222 g/mol. The van der Waals surface area contributed by atoms with Gasteiger partial charge >= 0.3 is 0 Å². The molecule has 3 unspecified atom stereocenters. The number of hydrogen-bond acceptors (Lipinski definition) is 3. The standard InChI is InChI=1S/C12H21NO2S/c14-7-9-3-1-2-4-11(9)13-12(15)10-5-6-16-8-10/h9-11,14H,1-8H2,(H,13,15). The largest absolute Gasteiger partial charge is 0.396 e. The van der Waals surface area contributed by atoms with E-state index in [0.29, 0.717) is 0 Å². The number of aliphatic hydroxyl groups is 1. The summed E-state index contributed by atoms with van der Waals surface area (Å²) in [4.78, 5) is 12.0. The number of thioether (sulfide) groups is 1. The Balaban J connectivity index is 1.84. The first-order chi connectivity index (χ1) is 7.81. The number of rotatable bonds is 3. The second-order valence-corrected chi connectivity index (χ2v) is 6.05. The van der Waals surface area contributed by atoms with Gasteiger partial charge in [0.05, 0.1) is 0 Å². The average molecular weight is 243 g/mol. The summed E-state index contributed by atoms with van der Waals surface area (Å²) in [6, 6.07) is 0.219. The Morgan fingerprint density at radius 2 is 2.12 bits per heavy atom. The molecule has 0 aromatic carbocycles. The summed E-state index contributed by atoms with van der Waals surface area (Å²) in [7, 11) is 0. The molecule has 1 aliphatic carbocycles. The smallest absolute Gasteiger partial charge is 0.224 e. The van der Waals surface area contributed by atoms with Crippen LogP contribution >= 0.6 is 11.8 Å². The zero-order valence-corrected chi connectivity index (χ0v) is 10.5. The lowest BCUT2D eigenvalue weighted by molar-refractivity contribution is -0.125. The third-order valence-electron chi connectivity index (χ3n) is 3.77. The SMILES string of the molecule is O=C(NC1CCCCC1CO)C1CCSC1. The van der Waals surface area contributed by atoms with Crippen LogP contribution in [0.4, 0.5) is 0 Å². The van der Waals surface area contributed by atoms with Gasteiger partial charge < -0.3 is 10.4 Å². The van der Waals surface area contributed by atoms with Gasteiger partial charge in [0.25, 0.3) is 0 Å². The van der Waals surface area contributed by atoms with Gasteiger partial charge in [-0.15, -0.1) is 0 Å². The normalized spacial score (nSPS) is 34.9. The van der Waals surface area contributed by atoms with E-state index in [4.69, 9.17) is 0 Å². The quantitative estimate of drug-likeness (QED) is 0.788. The van der Waals surface area contributed by atoms with Gasteiger partial charge in [-0.2, -0.15) is 11.8 Å². The Morgan fingerprint density at radius 3 is 2.81 bits per heavy atom. The van der Waals surface area contributed by atoms with E-state index in [1.54, 1.807) is 0 Å². The topological polar surface area (TPSA) is 49.3 Å². The van der Waals surface area contributed by atoms with Crippen LogP contribution in [0.2, 0.25) is 0 Å². The molecule has 2 rings (SSSR count). The van der Waals surface area contributed by atoms with Crippen molar-refractivity contribution in [2.24, 2.45) is 11.8 Å². The molecule has 0 radical (unpaired) electrons. The molecule has 0 bridgehead atoms. The molecule has 4 heteroatoms. The predicted octanol–water partition coefficient (Wildman–Crippen LogP) is 1.41. The maximum Gasteiger partial charge on any atom is 0.224 e. The highest BCUT2D eigenvalue weighted by Crippen LogP contribution is 2.27. The lowest BCUT2D eigenvalue weighted by atomic mass is 9.84. The molecule has 0 spiro atoms. The van der Waals surface area contributed by atoms with Gasteiger partial charge in [-0.05, 0) is 25.0 Å². The van der Waals surface area contributed by atoms with Crippen molar-refractivity contribution in [2.45, 2.75) is 38.1 Å². The second-order valence-electron chi connectivity index (χ2n) is 4.90. The molecule has 1 saturated carbocycles. The molecule has 1 heterocycles. The first-order valence-electron chi connectivity index (χ1n) is 6.30. The van der Waals surface area contributed by atoms with Crippen molar-refractivity contribution in [3.63, 3.8) is 0 Å². The van der Waals surface area contributed by atoms with Gasteiger partial charge in [-0.3, -0.25) is 4.79 Å². The summed E-state index contributed by atoms with van der Waals surface area (Å²) in [5, 5.41) is 12.4. The third kappa shape index (κ3) is 2.92. The maximum atomic E-state index is 12.0. The van der Waals surface area contributed by atoms with Crippen LogP contribution in [0, 0.1) is 11.8 Å². The fourth-order valence-electron chi connectivity index (χ4n) is 2.66. The van der Waals surface area contributed by atoms with E-state index in [1.807, 2.05) is 11.8 Å². The Hall–Kier alpha value is -0.220. The van der Waals surface area contributed by atoms with Gasteiger partial charge in [0.2, 0.25) is 5.91 Å². The second kappa shape index (κ2) is 5.92. The molecule has 1 amide bonds. The van der Waals surface area contributed by atoms with Crippen molar-refractivity contribution in [1.82, 2.24) is 5.32 Å². The Bertz CT molecular complexity index is 241. The van der Waals surface area contributed by atoms with Crippen LogP contribution in [0.1, 0.15) is 32.1 Å². The number of aliphatic hydroxyl groups excluding tert-OH is 1. The molecule has 92 valence electrons. The average Bonchev–Trinajstić information content (AvgIpc) is 2.83. The molecule has 1 aliphatic heterocycles. The van der Waals surface area contributed by atoms with E-state index >= 15 is 0 Å². The zero-order chi connectivity index (χ0) is 11.4. The monoisotopic (exact) mass is 243 g/mol. The number of hydrogen-bond donors (Lipinski definition) is 2. The Labute approximate surface area is 101 Å². The molecule has 0 aromatic rings. The minimum Gasteiger partial charge on any atom is -0.396 e. The molecule has 3 atom stereocenters. The van der Waals surface area contributed by atoms with Crippen LogP contribution in [0.15, 0.2) is 0 Å². The van der Waals surface area contributed by atoms with Crippen LogP contribution in [0.3, 0.4) is 0 Å².